The lowest BCUT2D eigenvalue weighted by Gasteiger charge is -2.22. The Hall–Kier alpha value is -0.800. The van der Waals surface area contributed by atoms with Gasteiger partial charge in [0.2, 0.25) is 0 Å². The molecule has 3 rings (SSSR count). The van der Waals surface area contributed by atoms with Crippen LogP contribution in [-0.2, 0) is 6.42 Å². The van der Waals surface area contributed by atoms with Gasteiger partial charge in [-0.3, -0.25) is 0 Å². The predicted molar refractivity (Wildman–Crippen MR) is 73.3 cm³/mol. The zero-order chi connectivity index (χ0) is 11.7. The quantitative estimate of drug-likeness (QED) is 0.909. The van der Waals surface area contributed by atoms with Gasteiger partial charge in [-0.25, -0.2) is 0 Å². The molecular weight excluding hydrogens is 278 g/mol. The van der Waals surface area contributed by atoms with E-state index in [1.54, 1.807) is 0 Å². The van der Waals surface area contributed by atoms with Crippen molar-refractivity contribution in [1.82, 2.24) is 5.32 Å². The molecule has 1 aromatic carbocycles. The molecule has 90 valence electrons. The van der Waals surface area contributed by atoms with E-state index in [1.807, 2.05) is 12.1 Å². The van der Waals surface area contributed by atoms with Gasteiger partial charge in [-0.15, -0.1) is 0 Å². The first-order chi connectivity index (χ1) is 8.31. The van der Waals surface area contributed by atoms with Crippen molar-refractivity contribution in [3.05, 3.63) is 34.5 Å². The summed E-state index contributed by atoms with van der Waals surface area (Å²) in [7, 11) is 0. The molecule has 1 saturated heterocycles. The lowest BCUT2D eigenvalue weighted by atomic mass is 10.0. The summed E-state index contributed by atoms with van der Waals surface area (Å²) in [5.41, 5.74) is 0.985. The largest absolute Gasteiger partial charge is 0.461 e. The fraction of sp³-hybridized carbons (Fsp3) is 0.429. The number of benzene rings is 1. The SMILES string of the molecule is Brc1ccc2oc(C[C@@H]3CCCCN3)cc2c1. The van der Waals surface area contributed by atoms with Gasteiger partial charge >= 0.3 is 0 Å². The molecule has 0 radical (unpaired) electrons. The first kappa shape index (κ1) is 11.3. The summed E-state index contributed by atoms with van der Waals surface area (Å²) in [5, 5.41) is 4.74. The molecule has 2 nitrogen and oxygen atoms in total. The lowest BCUT2D eigenvalue weighted by Crippen LogP contribution is -2.35. The summed E-state index contributed by atoms with van der Waals surface area (Å²) in [5.74, 6) is 1.09. The van der Waals surface area contributed by atoms with Crippen LogP contribution in [0.1, 0.15) is 25.0 Å². The molecule has 1 aliphatic heterocycles. The van der Waals surface area contributed by atoms with Gasteiger partial charge in [-0.1, -0.05) is 22.4 Å². The average molecular weight is 294 g/mol. The molecule has 1 aliphatic rings. The maximum absolute atomic E-state index is 5.86. The van der Waals surface area contributed by atoms with Crippen LogP contribution in [0.2, 0.25) is 0 Å². The zero-order valence-corrected chi connectivity index (χ0v) is 11.3. The average Bonchev–Trinajstić information content (AvgIpc) is 2.71. The zero-order valence-electron chi connectivity index (χ0n) is 9.71. The van der Waals surface area contributed by atoms with E-state index < -0.39 is 0 Å². The van der Waals surface area contributed by atoms with Gasteiger partial charge in [0.1, 0.15) is 11.3 Å². The number of nitrogens with one attached hydrogen (secondary N) is 1. The molecule has 0 spiro atoms. The normalized spacial score (nSPS) is 20.9. The third kappa shape index (κ3) is 2.55. The molecule has 0 bridgehead atoms. The Labute approximate surface area is 110 Å². The van der Waals surface area contributed by atoms with Crippen molar-refractivity contribution in [2.45, 2.75) is 31.7 Å². The highest BCUT2D eigenvalue weighted by Crippen LogP contribution is 2.24. The third-order valence-electron chi connectivity index (χ3n) is 3.39. The van der Waals surface area contributed by atoms with Crippen molar-refractivity contribution in [3.8, 4) is 0 Å². The van der Waals surface area contributed by atoms with Crippen LogP contribution in [0.3, 0.4) is 0 Å². The van der Waals surface area contributed by atoms with E-state index in [-0.39, 0.29) is 0 Å². The molecule has 1 N–H and O–H groups in total. The summed E-state index contributed by atoms with van der Waals surface area (Å²) in [6.07, 6.45) is 4.92. The van der Waals surface area contributed by atoms with Gasteiger partial charge in [0.15, 0.2) is 0 Å². The van der Waals surface area contributed by atoms with Crippen molar-refractivity contribution >= 4 is 26.9 Å². The van der Waals surface area contributed by atoms with Crippen LogP contribution >= 0.6 is 15.9 Å². The van der Waals surface area contributed by atoms with Gasteiger partial charge in [-0.05, 0) is 43.7 Å². The lowest BCUT2D eigenvalue weighted by molar-refractivity contribution is 0.378. The highest BCUT2D eigenvalue weighted by Gasteiger charge is 2.15. The second-order valence-corrected chi connectivity index (χ2v) is 5.66. The summed E-state index contributed by atoms with van der Waals surface area (Å²) in [6.45, 7) is 1.15. The van der Waals surface area contributed by atoms with Crippen LogP contribution < -0.4 is 5.32 Å². The van der Waals surface area contributed by atoms with Crippen LogP contribution in [0.25, 0.3) is 11.0 Å². The Morgan fingerprint density at radius 3 is 3.06 bits per heavy atom. The fourth-order valence-corrected chi connectivity index (χ4v) is 2.89. The number of hydrogen-bond acceptors (Lipinski definition) is 2. The van der Waals surface area contributed by atoms with Gasteiger partial charge in [-0.2, -0.15) is 0 Å². The first-order valence-electron chi connectivity index (χ1n) is 6.22. The minimum Gasteiger partial charge on any atom is -0.461 e. The smallest absolute Gasteiger partial charge is 0.134 e. The standard InChI is InChI=1S/C14H16BrNO/c15-11-4-5-14-10(7-11)8-13(17-14)9-12-3-1-2-6-16-12/h4-5,7-8,12,16H,1-3,6,9H2/t12-/m0/s1. The number of rotatable bonds is 2. The molecule has 1 fully saturated rings. The summed E-state index contributed by atoms with van der Waals surface area (Å²) >= 11 is 3.49. The topological polar surface area (TPSA) is 25.2 Å². The Balaban J connectivity index is 1.80. The van der Waals surface area contributed by atoms with E-state index in [4.69, 9.17) is 4.42 Å². The molecule has 0 amide bonds. The maximum atomic E-state index is 5.86. The Morgan fingerprint density at radius 2 is 2.24 bits per heavy atom. The minimum absolute atomic E-state index is 0.591. The second kappa shape index (κ2) is 4.83. The molecule has 0 saturated carbocycles. The van der Waals surface area contributed by atoms with Crippen molar-refractivity contribution in [2.24, 2.45) is 0 Å². The van der Waals surface area contributed by atoms with Crippen LogP contribution in [0.4, 0.5) is 0 Å². The van der Waals surface area contributed by atoms with Crippen molar-refractivity contribution in [3.63, 3.8) is 0 Å². The van der Waals surface area contributed by atoms with Gasteiger partial charge in [0.05, 0.1) is 0 Å². The van der Waals surface area contributed by atoms with Gasteiger partial charge in [0, 0.05) is 22.3 Å². The second-order valence-electron chi connectivity index (χ2n) is 4.75. The van der Waals surface area contributed by atoms with Crippen LogP contribution in [0, 0.1) is 0 Å². The molecule has 2 heterocycles. The summed E-state index contributed by atoms with van der Waals surface area (Å²) in [6, 6.07) is 8.91. The molecule has 1 atom stereocenters. The number of halogens is 1. The molecule has 17 heavy (non-hydrogen) atoms. The Bertz CT molecular complexity index is 514. The van der Waals surface area contributed by atoms with Gasteiger partial charge in [0.25, 0.3) is 0 Å². The van der Waals surface area contributed by atoms with E-state index in [0.29, 0.717) is 6.04 Å². The van der Waals surface area contributed by atoms with Crippen LogP contribution in [0.5, 0.6) is 0 Å². The number of piperidine rings is 1. The first-order valence-corrected chi connectivity index (χ1v) is 7.02. The Morgan fingerprint density at radius 1 is 1.29 bits per heavy atom. The number of furan rings is 1. The fourth-order valence-electron chi connectivity index (χ4n) is 2.51. The molecule has 0 unspecified atom stereocenters. The van der Waals surface area contributed by atoms with E-state index >= 15 is 0 Å². The maximum Gasteiger partial charge on any atom is 0.134 e. The van der Waals surface area contributed by atoms with Crippen molar-refractivity contribution < 1.29 is 4.42 Å². The van der Waals surface area contributed by atoms with Crippen molar-refractivity contribution in [2.75, 3.05) is 6.54 Å². The molecule has 2 aromatic rings. The highest BCUT2D eigenvalue weighted by molar-refractivity contribution is 9.10. The Kier molecular flexibility index (Phi) is 3.21. The molecule has 0 aliphatic carbocycles. The molecule has 3 heteroatoms. The van der Waals surface area contributed by atoms with Crippen LogP contribution in [0.15, 0.2) is 33.2 Å². The predicted octanol–water partition coefficient (Wildman–Crippen LogP) is 3.88. The van der Waals surface area contributed by atoms with E-state index in [2.05, 4.69) is 33.4 Å². The third-order valence-corrected chi connectivity index (χ3v) is 3.88. The van der Waals surface area contributed by atoms with E-state index in [1.165, 1.54) is 24.6 Å². The van der Waals surface area contributed by atoms with E-state index in [9.17, 15) is 0 Å². The van der Waals surface area contributed by atoms with Gasteiger partial charge < -0.3 is 9.73 Å². The highest BCUT2D eigenvalue weighted by atomic mass is 79.9. The summed E-state index contributed by atoms with van der Waals surface area (Å²) in [4.78, 5) is 0. The van der Waals surface area contributed by atoms with Crippen molar-refractivity contribution in [1.29, 1.82) is 0 Å². The number of fused-ring (bicyclic) bond motifs is 1. The summed E-state index contributed by atoms with van der Waals surface area (Å²) < 4.78 is 6.97. The monoisotopic (exact) mass is 293 g/mol. The molecule has 1 aromatic heterocycles. The number of hydrogen-bond donors (Lipinski definition) is 1. The molecular formula is C14H16BrNO. The van der Waals surface area contributed by atoms with Crippen LogP contribution in [-0.4, -0.2) is 12.6 Å². The van der Waals surface area contributed by atoms with E-state index in [0.717, 1.165) is 28.8 Å². The minimum atomic E-state index is 0.591.